The number of carbonyl (C=O) groups is 1. The van der Waals surface area contributed by atoms with Crippen molar-refractivity contribution in [2.75, 3.05) is 0 Å². The Bertz CT molecular complexity index is 772. The summed E-state index contributed by atoms with van der Waals surface area (Å²) in [7, 11) is 0. The van der Waals surface area contributed by atoms with Crippen LogP contribution in [-0.4, -0.2) is 17.3 Å². The van der Waals surface area contributed by atoms with Crippen molar-refractivity contribution in [3.8, 4) is 11.5 Å². The summed E-state index contributed by atoms with van der Waals surface area (Å²) < 4.78 is 50.2. The Balaban J connectivity index is 1.83. The number of hydrogen-bond acceptors (Lipinski definition) is 4. The van der Waals surface area contributed by atoms with Crippen molar-refractivity contribution in [1.82, 2.24) is 5.32 Å². The van der Waals surface area contributed by atoms with Crippen LogP contribution in [0.4, 0.5) is 18.0 Å². The molecule has 0 saturated carbocycles. The number of halogens is 4. The molecule has 126 valence electrons. The number of thioether (sulfide) groups is 1. The number of carbonyl (C=O) groups excluding carboxylic acids is 1. The van der Waals surface area contributed by atoms with E-state index in [1.54, 1.807) is 35.6 Å². The molecule has 0 saturated heterocycles. The van der Waals surface area contributed by atoms with Crippen LogP contribution in [0.5, 0.6) is 11.5 Å². The summed E-state index contributed by atoms with van der Waals surface area (Å²) in [5, 5.41) is 0.965. The highest BCUT2D eigenvalue weighted by atomic mass is 35.5. The SMILES string of the molecule is O=C(NC1(C(F)(F)F)Oc2ccc(Cl)cc2O1)Sc1ccccc1. The molecule has 1 aliphatic rings. The van der Waals surface area contributed by atoms with Gasteiger partial charge in [0.2, 0.25) is 0 Å². The van der Waals surface area contributed by atoms with Gasteiger partial charge >= 0.3 is 12.1 Å². The standard InChI is InChI=1S/C15H9ClF3NO3S/c16-9-6-7-11-12(8-9)23-15(22-11,14(17,18)19)20-13(21)24-10-4-2-1-3-5-10/h1-8H,(H,20,21). The fraction of sp³-hybridized carbons (Fsp3) is 0.133. The minimum Gasteiger partial charge on any atom is -0.424 e. The van der Waals surface area contributed by atoms with Gasteiger partial charge < -0.3 is 9.47 Å². The third kappa shape index (κ3) is 3.25. The van der Waals surface area contributed by atoms with Crippen LogP contribution in [0.3, 0.4) is 0 Å². The maximum absolute atomic E-state index is 13.5. The van der Waals surface area contributed by atoms with Crippen LogP contribution in [-0.2, 0) is 0 Å². The topological polar surface area (TPSA) is 47.6 Å². The lowest BCUT2D eigenvalue weighted by Gasteiger charge is -2.29. The van der Waals surface area contributed by atoms with E-state index in [1.807, 2.05) is 0 Å². The van der Waals surface area contributed by atoms with E-state index >= 15 is 0 Å². The summed E-state index contributed by atoms with van der Waals surface area (Å²) in [5.41, 5.74) is 0. The third-order valence-electron chi connectivity index (χ3n) is 3.01. The quantitative estimate of drug-likeness (QED) is 0.764. The molecule has 9 heteroatoms. The first-order chi connectivity index (χ1) is 11.3. The Labute approximate surface area is 143 Å². The average molecular weight is 376 g/mol. The molecule has 1 unspecified atom stereocenters. The lowest BCUT2D eigenvalue weighted by Crippen LogP contribution is -2.64. The van der Waals surface area contributed by atoms with Crippen LogP contribution < -0.4 is 14.8 Å². The van der Waals surface area contributed by atoms with Gasteiger partial charge in [0, 0.05) is 16.0 Å². The predicted molar refractivity (Wildman–Crippen MR) is 82.3 cm³/mol. The van der Waals surface area contributed by atoms with E-state index in [0.29, 0.717) is 16.7 Å². The first-order valence-electron chi connectivity index (χ1n) is 6.58. The minimum atomic E-state index is -5.01. The number of alkyl halides is 3. The molecule has 0 aromatic heterocycles. The summed E-state index contributed by atoms with van der Waals surface area (Å²) >= 11 is 6.33. The lowest BCUT2D eigenvalue weighted by atomic mass is 10.3. The van der Waals surface area contributed by atoms with E-state index in [0.717, 1.165) is 0 Å². The maximum atomic E-state index is 13.5. The molecule has 3 rings (SSSR count). The van der Waals surface area contributed by atoms with Crippen molar-refractivity contribution in [1.29, 1.82) is 0 Å². The molecule has 1 amide bonds. The zero-order valence-electron chi connectivity index (χ0n) is 11.8. The second-order valence-corrected chi connectivity index (χ2v) is 6.22. The van der Waals surface area contributed by atoms with Crippen LogP contribution in [0, 0.1) is 0 Å². The zero-order chi connectivity index (χ0) is 17.4. The van der Waals surface area contributed by atoms with Crippen molar-refractivity contribution < 1.29 is 27.4 Å². The van der Waals surface area contributed by atoms with Gasteiger partial charge in [-0.25, -0.2) is 0 Å². The number of hydrogen-bond donors (Lipinski definition) is 1. The molecule has 1 heterocycles. The largest absolute Gasteiger partial charge is 0.492 e. The molecule has 1 aliphatic heterocycles. The number of nitrogens with one attached hydrogen (secondary N) is 1. The Kier molecular flexibility index (Phi) is 4.27. The monoisotopic (exact) mass is 375 g/mol. The van der Waals surface area contributed by atoms with Gasteiger partial charge in [-0.15, -0.1) is 0 Å². The summed E-state index contributed by atoms with van der Waals surface area (Å²) in [5.74, 6) is -3.66. The van der Waals surface area contributed by atoms with Crippen LogP contribution in [0.15, 0.2) is 53.4 Å². The van der Waals surface area contributed by atoms with Gasteiger partial charge in [0.15, 0.2) is 11.5 Å². The molecular weight excluding hydrogens is 367 g/mol. The molecule has 2 aromatic rings. The molecule has 1 N–H and O–H groups in total. The minimum absolute atomic E-state index is 0.165. The van der Waals surface area contributed by atoms with E-state index in [1.165, 1.54) is 18.2 Å². The number of fused-ring (bicyclic) bond motifs is 1. The van der Waals surface area contributed by atoms with Gasteiger partial charge in [-0.3, -0.25) is 10.1 Å². The lowest BCUT2D eigenvalue weighted by molar-refractivity contribution is -0.316. The van der Waals surface area contributed by atoms with E-state index in [2.05, 4.69) is 0 Å². The zero-order valence-corrected chi connectivity index (χ0v) is 13.3. The number of benzene rings is 2. The van der Waals surface area contributed by atoms with Crippen LogP contribution in [0.2, 0.25) is 5.02 Å². The van der Waals surface area contributed by atoms with E-state index in [-0.39, 0.29) is 16.5 Å². The highest BCUT2D eigenvalue weighted by Crippen LogP contribution is 2.46. The summed E-state index contributed by atoms with van der Waals surface area (Å²) in [6, 6.07) is 12.0. The second kappa shape index (κ2) is 6.10. The van der Waals surface area contributed by atoms with Crippen molar-refractivity contribution >= 4 is 28.6 Å². The molecule has 0 radical (unpaired) electrons. The molecule has 0 aliphatic carbocycles. The molecule has 24 heavy (non-hydrogen) atoms. The number of rotatable bonds is 2. The number of ether oxygens (including phenoxy) is 2. The fourth-order valence-electron chi connectivity index (χ4n) is 1.97. The van der Waals surface area contributed by atoms with Gasteiger partial charge in [0.1, 0.15) is 0 Å². The molecule has 1 atom stereocenters. The van der Waals surface area contributed by atoms with Crippen LogP contribution >= 0.6 is 23.4 Å². The maximum Gasteiger partial charge on any atom is 0.492 e. The van der Waals surface area contributed by atoms with Gasteiger partial charge in [0.25, 0.3) is 5.24 Å². The van der Waals surface area contributed by atoms with Crippen LogP contribution in [0.25, 0.3) is 0 Å². The van der Waals surface area contributed by atoms with Gasteiger partial charge in [-0.2, -0.15) is 13.2 Å². The predicted octanol–water partition coefficient (Wildman–Crippen LogP) is 4.83. The van der Waals surface area contributed by atoms with E-state index in [4.69, 9.17) is 21.1 Å². The molecule has 0 fully saturated rings. The first kappa shape index (κ1) is 16.8. The third-order valence-corrected chi connectivity index (χ3v) is 4.04. The van der Waals surface area contributed by atoms with Crippen molar-refractivity contribution in [3.63, 3.8) is 0 Å². The fourth-order valence-corrected chi connectivity index (χ4v) is 2.82. The summed E-state index contributed by atoms with van der Waals surface area (Å²) in [4.78, 5) is 12.5. The first-order valence-corrected chi connectivity index (χ1v) is 7.78. The van der Waals surface area contributed by atoms with Crippen molar-refractivity contribution in [2.24, 2.45) is 0 Å². The highest BCUT2D eigenvalue weighted by molar-refractivity contribution is 8.13. The average Bonchev–Trinajstić information content (AvgIpc) is 2.86. The Morgan fingerprint density at radius 3 is 2.42 bits per heavy atom. The highest BCUT2D eigenvalue weighted by Gasteiger charge is 2.65. The van der Waals surface area contributed by atoms with E-state index in [9.17, 15) is 18.0 Å². The van der Waals surface area contributed by atoms with Gasteiger partial charge in [-0.05, 0) is 36.0 Å². The molecule has 0 spiro atoms. The summed E-state index contributed by atoms with van der Waals surface area (Å²) in [6.45, 7) is 0. The summed E-state index contributed by atoms with van der Waals surface area (Å²) in [6.07, 6.45) is -5.01. The van der Waals surface area contributed by atoms with Crippen molar-refractivity contribution in [2.45, 2.75) is 17.0 Å². The Morgan fingerprint density at radius 1 is 1.08 bits per heavy atom. The molecule has 4 nitrogen and oxygen atoms in total. The molecule has 0 bridgehead atoms. The Morgan fingerprint density at radius 2 is 1.75 bits per heavy atom. The normalized spacial score (nSPS) is 19.2. The second-order valence-electron chi connectivity index (χ2n) is 4.74. The Hall–Kier alpha value is -2.06. The number of amides is 1. The van der Waals surface area contributed by atoms with Crippen molar-refractivity contribution in [3.05, 3.63) is 53.6 Å². The van der Waals surface area contributed by atoms with E-state index < -0.39 is 17.3 Å². The molecular formula is C15H9ClF3NO3S. The van der Waals surface area contributed by atoms with Gasteiger partial charge in [0.05, 0.1) is 0 Å². The van der Waals surface area contributed by atoms with Gasteiger partial charge in [-0.1, -0.05) is 29.8 Å². The van der Waals surface area contributed by atoms with Crippen LogP contribution in [0.1, 0.15) is 0 Å². The smallest absolute Gasteiger partial charge is 0.424 e. The molecule has 2 aromatic carbocycles.